The van der Waals surface area contributed by atoms with E-state index in [1.54, 1.807) is 31.4 Å². The van der Waals surface area contributed by atoms with Crippen LogP contribution in [0.15, 0.2) is 49.1 Å². The summed E-state index contributed by atoms with van der Waals surface area (Å²) in [5.41, 5.74) is 1.84. The molecule has 0 atom stereocenters. The first-order chi connectivity index (χ1) is 12.0. The lowest BCUT2D eigenvalue weighted by molar-refractivity contribution is -0.123. The third-order valence-corrected chi connectivity index (χ3v) is 4.04. The smallest absolute Gasteiger partial charge is 0.258 e. The molecular formula is C19H19Cl2NO3. The molecule has 0 unspecified atom stereocenters. The van der Waals surface area contributed by atoms with E-state index < -0.39 is 0 Å². The average molecular weight is 380 g/mol. The molecule has 0 spiro atoms. The maximum absolute atomic E-state index is 12.0. The van der Waals surface area contributed by atoms with Crippen molar-refractivity contribution in [1.82, 2.24) is 5.32 Å². The van der Waals surface area contributed by atoms with Gasteiger partial charge < -0.3 is 14.8 Å². The van der Waals surface area contributed by atoms with Gasteiger partial charge in [0.2, 0.25) is 0 Å². The Kier molecular flexibility index (Phi) is 7.16. The first-order valence-electron chi connectivity index (χ1n) is 7.64. The summed E-state index contributed by atoms with van der Waals surface area (Å²) in [6.45, 7) is 3.88. The van der Waals surface area contributed by atoms with Crippen LogP contribution in [0, 0.1) is 0 Å². The predicted octanol–water partition coefficient (Wildman–Crippen LogP) is 4.43. The maximum atomic E-state index is 12.0. The minimum atomic E-state index is -0.261. The Balaban J connectivity index is 1.90. The van der Waals surface area contributed by atoms with Crippen LogP contribution in [-0.2, 0) is 17.8 Å². The SMILES string of the molecule is C=CCc1ccc(OCC(=O)NCc2ccc(Cl)cc2Cl)c(OC)c1. The van der Waals surface area contributed by atoms with E-state index in [0.717, 1.165) is 17.5 Å². The van der Waals surface area contributed by atoms with Crippen LogP contribution in [0.4, 0.5) is 0 Å². The highest BCUT2D eigenvalue weighted by Gasteiger charge is 2.09. The molecule has 0 saturated carbocycles. The summed E-state index contributed by atoms with van der Waals surface area (Å²) in [6, 6.07) is 10.7. The van der Waals surface area contributed by atoms with Crippen molar-refractivity contribution in [2.45, 2.75) is 13.0 Å². The second-order valence-electron chi connectivity index (χ2n) is 5.28. The minimum Gasteiger partial charge on any atom is -0.493 e. The molecule has 0 radical (unpaired) electrons. The number of nitrogens with one attached hydrogen (secondary N) is 1. The average Bonchev–Trinajstić information content (AvgIpc) is 2.60. The molecule has 25 heavy (non-hydrogen) atoms. The third-order valence-electron chi connectivity index (χ3n) is 3.46. The summed E-state index contributed by atoms with van der Waals surface area (Å²) in [6.07, 6.45) is 2.55. The van der Waals surface area contributed by atoms with Crippen molar-refractivity contribution in [3.05, 3.63) is 70.2 Å². The van der Waals surface area contributed by atoms with Crippen LogP contribution in [0.25, 0.3) is 0 Å². The molecule has 0 bridgehead atoms. The highest BCUT2D eigenvalue weighted by molar-refractivity contribution is 6.35. The summed E-state index contributed by atoms with van der Waals surface area (Å²) in [5.74, 6) is 0.825. The van der Waals surface area contributed by atoms with Gasteiger partial charge in [0, 0.05) is 16.6 Å². The van der Waals surface area contributed by atoms with Gasteiger partial charge in [-0.3, -0.25) is 4.79 Å². The lowest BCUT2D eigenvalue weighted by Crippen LogP contribution is -2.28. The zero-order valence-electron chi connectivity index (χ0n) is 13.9. The number of hydrogen-bond acceptors (Lipinski definition) is 3. The lowest BCUT2D eigenvalue weighted by Gasteiger charge is -2.12. The number of methoxy groups -OCH3 is 1. The number of rotatable bonds is 8. The molecule has 2 aromatic carbocycles. The van der Waals surface area contributed by atoms with Gasteiger partial charge >= 0.3 is 0 Å². The van der Waals surface area contributed by atoms with Gasteiger partial charge in [0.25, 0.3) is 5.91 Å². The Labute approximate surface area is 157 Å². The molecule has 0 aromatic heterocycles. The standard InChI is InChI=1S/C19H19Cl2NO3/c1-3-4-13-5-8-17(18(9-13)24-2)25-12-19(23)22-11-14-6-7-15(20)10-16(14)21/h3,5-10H,1,4,11-12H2,2H3,(H,22,23). The zero-order valence-corrected chi connectivity index (χ0v) is 15.4. The summed E-state index contributed by atoms with van der Waals surface area (Å²) >= 11 is 11.9. The van der Waals surface area contributed by atoms with Crippen molar-refractivity contribution >= 4 is 29.1 Å². The van der Waals surface area contributed by atoms with Crippen LogP contribution in [0.2, 0.25) is 10.0 Å². The van der Waals surface area contributed by atoms with Crippen molar-refractivity contribution in [3.8, 4) is 11.5 Å². The lowest BCUT2D eigenvalue weighted by atomic mass is 10.1. The highest BCUT2D eigenvalue weighted by atomic mass is 35.5. The molecule has 2 aromatic rings. The van der Waals surface area contributed by atoms with Crippen LogP contribution >= 0.6 is 23.2 Å². The molecule has 4 nitrogen and oxygen atoms in total. The maximum Gasteiger partial charge on any atom is 0.258 e. The van der Waals surface area contributed by atoms with Crippen molar-refractivity contribution in [2.75, 3.05) is 13.7 Å². The van der Waals surface area contributed by atoms with Crippen LogP contribution < -0.4 is 14.8 Å². The van der Waals surface area contributed by atoms with Crippen LogP contribution in [0.3, 0.4) is 0 Å². The van der Waals surface area contributed by atoms with Gasteiger partial charge in [-0.1, -0.05) is 41.4 Å². The minimum absolute atomic E-state index is 0.123. The topological polar surface area (TPSA) is 47.6 Å². The summed E-state index contributed by atoms with van der Waals surface area (Å²) < 4.78 is 10.8. The number of benzene rings is 2. The van der Waals surface area contributed by atoms with E-state index in [4.69, 9.17) is 32.7 Å². The Bertz CT molecular complexity index is 762. The molecule has 1 N–H and O–H groups in total. The van der Waals surface area contributed by atoms with Crippen molar-refractivity contribution < 1.29 is 14.3 Å². The fourth-order valence-electron chi connectivity index (χ4n) is 2.18. The number of carbonyl (C=O) groups is 1. The molecule has 132 valence electrons. The molecule has 0 heterocycles. The number of allylic oxidation sites excluding steroid dienone is 1. The van der Waals surface area contributed by atoms with Crippen LogP contribution in [-0.4, -0.2) is 19.6 Å². The van der Waals surface area contributed by atoms with E-state index in [9.17, 15) is 4.79 Å². The van der Waals surface area contributed by atoms with E-state index in [0.29, 0.717) is 28.1 Å². The van der Waals surface area contributed by atoms with Crippen molar-refractivity contribution in [3.63, 3.8) is 0 Å². The number of amides is 1. The Morgan fingerprint density at radius 1 is 1.20 bits per heavy atom. The number of ether oxygens (including phenoxy) is 2. The monoisotopic (exact) mass is 379 g/mol. The Hall–Kier alpha value is -2.17. The molecule has 0 aliphatic heterocycles. The molecular weight excluding hydrogens is 361 g/mol. The number of halogens is 2. The second-order valence-corrected chi connectivity index (χ2v) is 6.12. The number of hydrogen-bond donors (Lipinski definition) is 1. The molecule has 0 fully saturated rings. The van der Waals surface area contributed by atoms with E-state index in [1.165, 1.54) is 0 Å². The van der Waals surface area contributed by atoms with E-state index in [1.807, 2.05) is 18.2 Å². The molecule has 0 aliphatic rings. The van der Waals surface area contributed by atoms with E-state index >= 15 is 0 Å². The highest BCUT2D eigenvalue weighted by Crippen LogP contribution is 2.28. The molecule has 0 saturated heterocycles. The van der Waals surface area contributed by atoms with E-state index in [2.05, 4.69) is 11.9 Å². The fourth-order valence-corrected chi connectivity index (χ4v) is 2.65. The summed E-state index contributed by atoms with van der Waals surface area (Å²) in [4.78, 5) is 12.0. The zero-order chi connectivity index (χ0) is 18.2. The largest absolute Gasteiger partial charge is 0.493 e. The third kappa shape index (κ3) is 5.69. The van der Waals surface area contributed by atoms with Gasteiger partial charge in [-0.2, -0.15) is 0 Å². The number of carbonyl (C=O) groups excluding carboxylic acids is 1. The van der Waals surface area contributed by atoms with Gasteiger partial charge in [-0.05, 0) is 41.8 Å². The van der Waals surface area contributed by atoms with Gasteiger partial charge in [0.05, 0.1) is 7.11 Å². The quantitative estimate of drug-likeness (QED) is 0.690. The molecule has 6 heteroatoms. The Morgan fingerprint density at radius 3 is 2.68 bits per heavy atom. The van der Waals surface area contributed by atoms with E-state index in [-0.39, 0.29) is 12.5 Å². The second kappa shape index (κ2) is 9.35. The predicted molar refractivity (Wildman–Crippen MR) is 101 cm³/mol. The van der Waals surface area contributed by atoms with Crippen molar-refractivity contribution in [2.24, 2.45) is 0 Å². The van der Waals surface area contributed by atoms with Gasteiger partial charge in [0.15, 0.2) is 18.1 Å². The first kappa shape index (κ1) is 19.2. The molecule has 2 rings (SSSR count). The van der Waals surface area contributed by atoms with Crippen LogP contribution in [0.5, 0.6) is 11.5 Å². The van der Waals surface area contributed by atoms with Gasteiger partial charge in [-0.15, -0.1) is 6.58 Å². The molecule has 0 aliphatic carbocycles. The Morgan fingerprint density at radius 2 is 2.00 bits per heavy atom. The first-order valence-corrected chi connectivity index (χ1v) is 8.40. The van der Waals surface area contributed by atoms with Crippen molar-refractivity contribution in [1.29, 1.82) is 0 Å². The van der Waals surface area contributed by atoms with Crippen LogP contribution in [0.1, 0.15) is 11.1 Å². The van der Waals surface area contributed by atoms with Gasteiger partial charge in [0.1, 0.15) is 0 Å². The summed E-state index contributed by atoms with van der Waals surface area (Å²) in [5, 5.41) is 3.81. The summed E-state index contributed by atoms with van der Waals surface area (Å²) in [7, 11) is 1.56. The van der Waals surface area contributed by atoms with Gasteiger partial charge in [-0.25, -0.2) is 0 Å². The fraction of sp³-hybridized carbons (Fsp3) is 0.211. The normalized spacial score (nSPS) is 10.2. The molecule has 1 amide bonds.